The third kappa shape index (κ3) is 3.65. The summed E-state index contributed by atoms with van der Waals surface area (Å²) >= 11 is 0. The Hall–Kier alpha value is 0.0664. The molecule has 0 saturated heterocycles. The minimum Gasteiger partial charge on any atom is -1.00 e. The van der Waals surface area contributed by atoms with Gasteiger partial charge in [-0.15, -0.1) is 0 Å². The summed E-state index contributed by atoms with van der Waals surface area (Å²) in [6.45, 7) is 3.28. The maximum Gasteiger partial charge on any atom is 1.00 e. The van der Waals surface area contributed by atoms with E-state index >= 15 is 0 Å². The van der Waals surface area contributed by atoms with Crippen LogP contribution in [0.1, 0.15) is 11.8 Å². The van der Waals surface area contributed by atoms with Crippen LogP contribution in [0.25, 0.3) is 0 Å². The van der Waals surface area contributed by atoms with Crippen molar-refractivity contribution in [3.63, 3.8) is 0 Å². The van der Waals surface area contributed by atoms with Crippen LogP contribution in [0.15, 0.2) is 43.2 Å². The van der Waals surface area contributed by atoms with Gasteiger partial charge in [-0.3, -0.25) is 0 Å². The number of hydrogen-bond acceptors (Lipinski definition) is 2. The summed E-state index contributed by atoms with van der Waals surface area (Å²) in [5.41, 5.74) is 0.535. The molecule has 0 aromatic heterocycles. The standard InChI is InChI=1S/C9H8O2.K.H/c1-2-11-9(10)8-6-4-3-5-7-8;;/h2-7H,1H2;;/q;+1;-1. The van der Waals surface area contributed by atoms with E-state index in [0.29, 0.717) is 5.56 Å². The second kappa shape index (κ2) is 6.57. The molecule has 0 aliphatic heterocycles. The first kappa shape index (κ1) is 12.1. The molecule has 0 N–H and O–H groups in total. The number of ether oxygens (including phenoxy) is 1. The van der Waals surface area contributed by atoms with Gasteiger partial charge in [0.25, 0.3) is 0 Å². The van der Waals surface area contributed by atoms with Gasteiger partial charge in [-0.1, -0.05) is 24.8 Å². The van der Waals surface area contributed by atoms with Gasteiger partial charge in [0.2, 0.25) is 0 Å². The van der Waals surface area contributed by atoms with Crippen LogP contribution in [0.5, 0.6) is 0 Å². The predicted molar refractivity (Wildman–Crippen MR) is 43.2 cm³/mol. The van der Waals surface area contributed by atoms with Gasteiger partial charge in [0.05, 0.1) is 11.8 Å². The van der Waals surface area contributed by atoms with Crippen LogP contribution in [0.3, 0.4) is 0 Å². The molecule has 1 aromatic carbocycles. The van der Waals surface area contributed by atoms with Crippen molar-refractivity contribution in [2.45, 2.75) is 0 Å². The van der Waals surface area contributed by atoms with Crippen molar-refractivity contribution in [2.75, 3.05) is 0 Å². The molecule has 1 rings (SSSR count). The van der Waals surface area contributed by atoms with Gasteiger partial charge in [-0.25, -0.2) is 4.79 Å². The largest absolute Gasteiger partial charge is 1.00 e. The van der Waals surface area contributed by atoms with Crippen molar-refractivity contribution < 1.29 is 62.3 Å². The van der Waals surface area contributed by atoms with E-state index in [2.05, 4.69) is 11.3 Å². The Morgan fingerprint density at radius 3 is 2.50 bits per heavy atom. The van der Waals surface area contributed by atoms with Gasteiger partial charge in [-0.05, 0) is 12.1 Å². The molecule has 0 amide bonds. The fourth-order valence-electron chi connectivity index (χ4n) is 0.718. The van der Waals surface area contributed by atoms with Crippen molar-refractivity contribution in [3.05, 3.63) is 48.7 Å². The van der Waals surface area contributed by atoms with Crippen molar-refractivity contribution in [1.82, 2.24) is 0 Å². The monoisotopic (exact) mass is 188 g/mol. The van der Waals surface area contributed by atoms with Crippen molar-refractivity contribution in [1.29, 1.82) is 0 Å². The van der Waals surface area contributed by atoms with Gasteiger partial charge < -0.3 is 6.16 Å². The number of carbonyl (C=O) groups is 1. The van der Waals surface area contributed by atoms with Gasteiger partial charge in [0.15, 0.2) is 0 Å². The van der Waals surface area contributed by atoms with Crippen LogP contribution in [0, 0.1) is 0 Å². The second-order valence-corrected chi connectivity index (χ2v) is 1.94. The van der Waals surface area contributed by atoms with Gasteiger partial charge in [-0.2, -0.15) is 0 Å². The summed E-state index contributed by atoms with van der Waals surface area (Å²) in [6, 6.07) is 8.77. The van der Waals surface area contributed by atoms with E-state index in [0.717, 1.165) is 6.26 Å². The van der Waals surface area contributed by atoms with Gasteiger partial charge in [0.1, 0.15) is 0 Å². The minimum atomic E-state index is -0.374. The summed E-state index contributed by atoms with van der Waals surface area (Å²) in [4.78, 5) is 11.0. The average molecular weight is 188 g/mol. The number of hydrogen-bond donors (Lipinski definition) is 0. The molecule has 0 saturated carbocycles. The van der Waals surface area contributed by atoms with E-state index in [1.165, 1.54) is 0 Å². The SMILES string of the molecule is C=COC(=O)c1ccccc1.[H-].[K+]. The van der Waals surface area contributed by atoms with Crippen LogP contribution in [0.4, 0.5) is 0 Å². The Balaban J connectivity index is 0. The molecule has 0 unspecified atom stereocenters. The Morgan fingerprint density at radius 1 is 1.42 bits per heavy atom. The maximum absolute atomic E-state index is 11.0. The van der Waals surface area contributed by atoms with E-state index in [1.54, 1.807) is 24.3 Å². The maximum atomic E-state index is 11.0. The Bertz CT molecular complexity index is 262. The van der Waals surface area contributed by atoms with E-state index < -0.39 is 0 Å². The molecule has 3 heteroatoms. The van der Waals surface area contributed by atoms with E-state index in [-0.39, 0.29) is 58.8 Å². The average Bonchev–Trinajstić information content (AvgIpc) is 2.07. The number of carbonyl (C=O) groups excluding carboxylic acids is 1. The number of esters is 1. The zero-order valence-electron chi connectivity index (χ0n) is 7.99. The summed E-state index contributed by atoms with van der Waals surface area (Å²) in [5.74, 6) is -0.374. The molecule has 58 valence electrons. The number of rotatable bonds is 2. The van der Waals surface area contributed by atoms with Crippen molar-refractivity contribution >= 4 is 5.97 Å². The summed E-state index contributed by atoms with van der Waals surface area (Å²) < 4.78 is 4.55. The molecule has 0 heterocycles. The molecule has 0 aliphatic carbocycles. The van der Waals surface area contributed by atoms with Crippen LogP contribution >= 0.6 is 0 Å². The molecule has 0 spiro atoms. The summed E-state index contributed by atoms with van der Waals surface area (Å²) in [5, 5.41) is 0. The van der Waals surface area contributed by atoms with Gasteiger partial charge >= 0.3 is 57.4 Å². The molecule has 0 aliphatic rings. The smallest absolute Gasteiger partial charge is 1.00 e. The van der Waals surface area contributed by atoms with E-state index in [1.807, 2.05) is 6.07 Å². The summed E-state index contributed by atoms with van der Waals surface area (Å²) in [6.07, 6.45) is 1.12. The van der Waals surface area contributed by atoms with E-state index in [4.69, 9.17) is 0 Å². The zero-order chi connectivity index (χ0) is 8.10. The quantitative estimate of drug-likeness (QED) is 0.342. The molecule has 2 nitrogen and oxygen atoms in total. The molecular weight excluding hydrogens is 179 g/mol. The van der Waals surface area contributed by atoms with Crippen LogP contribution < -0.4 is 51.4 Å². The first-order valence-corrected chi connectivity index (χ1v) is 3.21. The fourth-order valence-corrected chi connectivity index (χ4v) is 0.718. The fraction of sp³-hybridized carbons (Fsp3) is 0. The molecular formula is C9H9KO2. The van der Waals surface area contributed by atoms with Crippen molar-refractivity contribution in [2.24, 2.45) is 0 Å². The minimum absolute atomic E-state index is 0. The molecule has 1 aromatic rings. The zero-order valence-corrected chi connectivity index (χ0v) is 10.1. The van der Waals surface area contributed by atoms with Crippen LogP contribution in [-0.2, 0) is 4.74 Å². The first-order chi connectivity index (χ1) is 5.34. The predicted octanol–water partition coefficient (Wildman–Crippen LogP) is -0.897. The molecule has 12 heavy (non-hydrogen) atoms. The Labute approximate surface area is 116 Å². The van der Waals surface area contributed by atoms with Crippen molar-refractivity contribution in [3.8, 4) is 0 Å². The normalized spacial score (nSPS) is 8.00. The number of benzene rings is 1. The first-order valence-electron chi connectivity index (χ1n) is 3.21. The van der Waals surface area contributed by atoms with Gasteiger partial charge in [0, 0.05) is 0 Å². The van der Waals surface area contributed by atoms with Crippen LogP contribution in [0.2, 0.25) is 0 Å². The Morgan fingerprint density at radius 2 is 2.00 bits per heavy atom. The topological polar surface area (TPSA) is 26.3 Å². The third-order valence-corrected chi connectivity index (χ3v) is 1.20. The summed E-state index contributed by atoms with van der Waals surface area (Å²) in [7, 11) is 0. The Kier molecular flexibility index (Phi) is 6.60. The molecule has 0 bridgehead atoms. The van der Waals surface area contributed by atoms with E-state index in [9.17, 15) is 4.79 Å². The molecule has 0 atom stereocenters. The third-order valence-electron chi connectivity index (χ3n) is 1.20. The second-order valence-electron chi connectivity index (χ2n) is 1.94. The molecule has 0 radical (unpaired) electrons. The van der Waals surface area contributed by atoms with Crippen LogP contribution in [-0.4, -0.2) is 5.97 Å². The molecule has 0 fully saturated rings.